The van der Waals surface area contributed by atoms with Gasteiger partial charge in [0.15, 0.2) is 0 Å². The highest BCUT2D eigenvalue weighted by molar-refractivity contribution is 6.35. The minimum Gasteiger partial charge on any atom is -0.491 e. The van der Waals surface area contributed by atoms with Crippen molar-refractivity contribution in [2.45, 2.75) is 25.7 Å². The van der Waals surface area contributed by atoms with Crippen LogP contribution >= 0.6 is 23.2 Å². The summed E-state index contributed by atoms with van der Waals surface area (Å²) in [4.78, 5) is 13.0. The highest BCUT2D eigenvalue weighted by Gasteiger charge is 2.20. The molecule has 0 saturated carbocycles. The molecule has 2 rings (SSSR count). The molecule has 1 aromatic carbocycles. The minimum atomic E-state index is -0.710. The molecule has 0 radical (unpaired) electrons. The Hall–Kier alpha value is -0.970. The summed E-state index contributed by atoms with van der Waals surface area (Å²) < 4.78 is 5.70. The van der Waals surface area contributed by atoms with Gasteiger partial charge in [-0.3, -0.25) is 9.69 Å². The van der Waals surface area contributed by atoms with E-state index in [2.05, 4.69) is 4.90 Å². The first-order valence-corrected chi connectivity index (χ1v) is 8.32. The topological polar surface area (TPSA) is 49.8 Å². The normalized spacial score (nSPS) is 19.1. The monoisotopic (exact) mass is 345 g/mol. The van der Waals surface area contributed by atoms with Crippen LogP contribution in [-0.4, -0.2) is 42.2 Å². The van der Waals surface area contributed by atoms with Gasteiger partial charge in [0, 0.05) is 24.5 Å². The summed E-state index contributed by atoms with van der Waals surface area (Å²) in [6.45, 7) is 3.38. The number of hydrogen-bond donors (Lipinski definition) is 1. The van der Waals surface area contributed by atoms with E-state index in [0.717, 1.165) is 38.9 Å². The summed E-state index contributed by atoms with van der Waals surface area (Å²) in [5.74, 6) is 0.410. The number of nitrogens with zero attached hydrogens (tertiary/aromatic N) is 1. The van der Waals surface area contributed by atoms with Gasteiger partial charge in [0.25, 0.3) is 0 Å². The average Bonchev–Trinajstić information content (AvgIpc) is 2.48. The molecule has 6 heteroatoms. The van der Waals surface area contributed by atoms with Crippen molar-refractivity contribution in [2.75, 3.05) is 26.2 Å². The smallest absolute Gasteiger partial charge is 0.303 e. The third kappa shape index (κ3) is 5.67. The number of hydrogen-bond acceptors (Lipinski definition) is 3. The Balaban J connectivity index is 1.73. The molecule has 1 aliphatic rings. The number of ether oxygens (including phenoxy) is 1. The first-order chi connectivity index (χ1) is 10.5. The van der Waals surface area contributed by atoms with Crippen molar-refractivity contribution >= 4 is 29.2 Å². The maximum atomic E-state index is 10.7. The van der Waals surface area contributed by atoms with Gasteiger partial charge in [0.2, 0.25) is 0 Å². The fourth-order valence-electron chi connectivity index (χ4n) is 2.79. The maximum Gasteiger partial charge on any atom is 0.303 e. The van der Waals surface area contributed by atoms with Gasteiger partial charge in [0.05, 0.1) is 5.02 Å². The van der Waals surface area contributed by atoms with E-state index in [9.17, 15) is 4.79 Å². The van der Waals surface area contributed by atoms with Crippen molar-refractivity contribution < 1.29 is 14.6 Å². The molecule has 0 amide bonds. The van der Waals surface area contributed by atoms with E-state index >= 15 is 0 Å². The van der Waals surface area contributed by atoms with Crippen molar-refractivity contribution in [3.63, 3.8) is 0 Å². The fourth-order valence-corrected chi connectivity index (χ4v) is 3.26. The third-order valence-corrected chi connectivity index (χ3v) is 4.46. The molecule has 0 aromatic heterocycles. The van der Waals surface area contributed by atoms with Gasteiger partial charge in [0.1, 0.15) is 12.4 Å². The molecule has 0 aliphatic carbocycles. The molecular weight excluding hydrogens is 325 g/mol. The first kappa shape index (κ1) is 17.4. The second kappa shape index (κ2) is 8.61. The number of benzene rings is 1. The van der Waals surface area contributed by atoms with Gasteiger partial charge in [-0.05, 0) is 49.9 Å². The Morgan fingerprint density at radius 3 is 2.95 bits per heavy atom. The molecule has 1 aliphatic heterocycles. The van der Waals surface area contributed by atoms with Crippen LogP contribution in [0.4, 0.5) is 0 Å². The SMILES string of the molecule is O=C(O)CCC1CCCN(CCOc2ccc(Cl)cc2Cl)C1. The van der Waals surface area contributed by atoms with Crippen LogP contribution in [0.2, 0.25) is 10.0 Å². The van der Waals surface area contributed by atoms with E-state index in [0.29, 0.717) is 28.3 Å². The maximum absolute atomic E-state index is 10.7. The lowest BCUT2D eigenvalue weighted by Gasteiger charge is -2.32. The number of carboxylic acids is 1. The van der Waals surface area contributed by atoms with E-state index in [1.54, 1.807) is 18.2 Å². The third-order valence-electron chi connectivity index (χ3n) is 3.93. The second-order valence-electron chi connectivity index (χ2n) is 5.66. The summed E-state index contributed by atoms with van der Waals surface area (Å²) in [5.41, 5.74) is 0. The van der Waals surface area contributed by atoms with Crippen LogP contribution in [0.25, 0.3) is 0 Å². The van der Waals surface area contributed by atoms with E-state index in [1.807, 2.05) is 0 Å². The molecule has 1 N–H and O–H groups in total. The molecule has 1 unspecified atom stereocenters. The van der Waals surface area contributed by atoms with Gasteiger partial charge in [-0.2, -0.15) is 0 Å². The zero-order valence-electron chi connectivity index (χ0n) is 12.4. The standard InChI is InChI=1S/C16H21Cl2NO3/c17-13-4-5-15(14(18)10-13)22-9-8-19-7-1-2-12(11-19)3-6-16(20)21/h4-5,10,12H,1-3,6-9,11H2,(H,20,21). The summed E-state index contributed by atoms with van der Waals surface area (Å²) in [5, 5.41) is 9.88. The predicted molar refractivity (Wildman–Crippen MR) is 88.0 cm³/mol. The Morgan fingerprint density at radius 2 is 2.23 bits per heavy atom. The quantitative estimate of drug-likeness (QED) is 0.812. The van der Waals surface area contributed by atoms with Crippen molar-refractivity contribution in [2.24, 2.45) is 5.92 Å². The van der Waals surface area contributed by atoms with Crippen molar-refractivity contribution in [3.05, 3.63) is 28.2 Å². The molecule has 1 fully saturated rings. The highest BCUT2D eigenvalue weighted by atomic mass is 35.5. The van der Waals surface area contributed by atoms with Crippen LogP contribution in [0.5, 0.6) is 5.75 Å². The van der Waals surface area contributed by atoms with Crippen LogP contribution in [0, 0.1) is 5.92 Å². The molecule has 1 aromatic rings. The first-order valence-electron chi connectivity index (χ1n) is 7.56. The Kier molecular flexibility index (Phi) is 6.80. The molecule has 0 spiro atoms. The number of piperidine rings is 1. The van der Waals surface area contributed by atoms with Crippen molar-refractivity contribution in [1.82, 2.24) is 4.90 Å². The van der Waals surface area contributed by atoms with Gasteiger partial charge in [-0.25, -0.2) is 0 Å². The van der Waals surface area contributed by atoms with E-state index in [1.165, 1.54) is 0 Å². The Morgan fingerprint density at radius 1 is 1.41 bits per heavy atom. The van der Waals surface area contributed by atoms with Crippen LogP contribution in [-0.2, 0) is 4.79 Å². The van der Waals surface area contributed by atoms with Gasteiger partial charge >= 0.3 is 5.97 Å². The Bertz CT molecular complexity index is 510. The number of carboxylic acid groups (broad SMARTS) is 1. The number of likely N-dealkylation sites (tertiary alicyclic amines) is 1. The van der Waals surface area contributed by atoms with E-state index in [4.69, 9.17) is 33.0 Å². The lowest BCUT2D eigenvalue weighted by atomic mass is 9.93. The molecule has 1 atom stereocenters. The van der Waals surface area contributed by atoms with Crippen LogP contribution < -0.4 is 4.74 Å². The highest BCUT2D eigenvalue weighted by Crippen LogP contribution is 2.27. The average molecular weight is 346 g/mol. The molecule has 4 nitrogen and oxygen atoms in total. The minimum absolute atomic E-state index is 0.259. The second-order valence-corrected chi connectivity index (χ2v) is 6.51. The summed E-state index contributed by atoms with van der Waals surface area (Å²) >= 11 is 11.9. The molecule has 0 bridgehead atoms. The molecule has 1 saturated heterocycles. The summed E-state index contributed by atoms with van der Waals surface area (Å²) in [6.07, 6.45) is 3.25. The largest absolute Gasteiger partial charge is 0.491 e. The fraction of sp³-hybridized carbons (Fsp3) is 0.562. The van der Waals surface area contributed by atoms with E-state index < -0.39 is 5.97 Å². The zero-order valence-corrected chi connectivity index (χ0v) is 13.9. The van der Waals surface area contributed by atoms with Crippen LogP contribution in [0.3, 0.4) is 0 Å². The molecule has 1 heterocycles. The van der Waals surface area contributed by atoms with Gasteiger partial charge in [-0.15, -0.1) is 0 Å². The van der Waals surface area contributed by atoms with Crippen LogP contribution in [0.1, 0.15) is 25.7 Å². The van der Waals surface area contributed by atoms with Gasteiger partial charge in [-0.1, -0.05) is 23.2 Å². The van der Waals surface area contributed by atoms with Crippen LogP contribution in [0.15, 0.2) is 18.2 Å². The summed E-state index contributed by atoms with van der Waals surface area (Å²) in [6, 6.07) is 5.20. The lowest BCUT2D eigenvalue weighted by molar-refractivity contribution is -0.137. The number of halogens is 2. The van der Waals surface area contributed by atoms with Gasteiger partial charge < -0.3 is 9.84 Å². The van der Waals surface area contributed by atoms with Crippen molar-refractivity contribution in [1.29, 1.82) is 0 Å². The molecule has 122 valence electrons. The number of aliphatic carboxylic acids is 1. The number of rotatable bonds is 7. The lowest BCUT2D eigenvalue weighted by Crippen LogP contribution is -2.38. The van der Waals surface area contributed by atoms with Crippen molar-refractivity contribution in [3.8, 4) is 5.75 Å². The zero-order chi connectivity index (χ0) is 15.9. The predicted octanol–water partition coefficient (Wildman–Crippen LogP) is 3.95. The van der Waals surface area contributed by atoms with E-state index in [-0.39, 0.29) is 6.42 Å². The number of carbonyl (C=O) groups is 1. The summed E-state index contributed by atoms with van der Waals surface area (Å²) in [7, 11) is 0. The Labute approximate surface area is 141 Å². The molecule has 22 heavy (non-hydrogen) atoms. The molecular formula is C16H21Cl2NO3.